The standard InChI is InChI=1S/C12H16BrClN2/c1-15-4-6-16(7-5-15)12-8-11(14)3-2-10(12)9-13/h2-3,8H,4-7,9H2,1H3. The summed E-state index contributed by atoms with van der Waals surface area (Å²) in [5.74, 6) is 0. The fourth-order valence-corrected chi connectivity index (χ4v) is 2.63. The zero-order valence-corrected chi connectivity index (χ0v) is 11.8. The van der Waals surface area contributed by atoms with Crippen molar-refractivity contribution in [3.05, 3.63) is 28.8 Å². The number of halogens is 2. The van der Waals surface area contributed by atoms with Crippen molar-refractivity contribution >= 4 is 33.2 Å². The maximum Gasteiger partial charge on any atom is 0.0426 e. The molecule has 1 saturated heterocycles. The van der Waals surface area contributed by atoms with Gasteiger partial charge in [0.1, 0.15) is 0 Å². The van der Waals surface area contributed by atoms with E-state index in [1.807, 2.05) is 6.07 Å². The van der Waals surface area contributed by atoms with Crippen LogP contribution in [0.3, 0.4) is 0 Å². The van der Waals surface area contributed by atoms with Gasteiger partial charge in [-0.1, -0.05) is 33.6 Å². The molecule has 1 aromatic carbocycles. The van der Waals surface area contributed by atoms with E-state index in [2.05, 4.69) is 44.9 Å². The minimum Gasteiger partial charge on any atom is -0.369 e. The van der Waals surface area contributed by atoms with Crippen molar-refractivity contribution in [3.8, 4) is 0 Å². The highest BCUT2D eigenvalue weighted by molar-refractivity contribution is 9.08. The summed E-state index contributed by atoms with van der Waals surface area (Å²) in [5.41, 5.74) is 2.59. The SMILES string of the molecule is CN1CCN(c2cc(Cl)ccc2CBr)CC1. The van der Waals surface area contributed by atoms with Crippen molar-refractivity contribution in [1.29, 1.82) is 0 Å². The summed E-state index contributed by atoms with van der Waals surface area (Å²) >= 11 is 9.60. The molecule has 0 bridgehead atoms. The molecule has 0 atom stereocenters. The van der Waals surface area contributed by atoms with Crippen LogP contribution >= 0.6 is 27.5 Å². The Kier molecular flexibility index (Phi) is 4.11. The lowest BCUT2D eigenvalue weighted by atomic mass is 10.1. The summed E-state index contributed by atoms with van der Waals surface area (Å²) in [6.45, 7) is 4.40. The Hall–Kier alpha value is -0.250. The molecule has 0 N–H and O–H groups in total. The van der Waals surface area contributed by atoms with Crippen LogP contribution in [0.1, 0.15) is 5.56 Å². The molecule has 0 spiro atoms. The van der Waals surface area contributed by atoms with E-state index in [9.17, 15) is 0 Å². The van der Waals surface area contributed by atoms with Gasteiger partial charge in [-0.05, 0) is 24.7 Å². The second-order valence-corrected chi connectivity index (χ2v) is 5.19. The van der Waals surface area contributed by atoms with Gasteiger partial charge in [-0.3, -0.25) is 0 Å². The average molecular weight is 304 g/mol. The fourth-order valence-electron chi connectivity index (χ4n) is 1.99. The van der Waals surface area contributed by atoms with Crippen molar-refractivity contribution in [2.24, 2.45) is 0 Å². The van der Waals surface area contributed by atoms with Gasteiger partial charge in [-0.25, -0.2) is 0 Å². The molecular weight excluding hydrogens is 288 g/mol. The number of rotatable bonds is 2. The van der Waals surface area contributed by atoms with Crippen LogP contribution in [0.5, 0.6) is 0 Å². The number of anilines is 1. The van der Waals surface area contributed by atoms with Crippen LogP contribution in [0.25, 0.3) is 0 Å². The minimum absolute atomic E-state index is 0.818. The molecule has 16 heavy (non-hydrogen) atoms. The van der Waals surface area contributed by atoms with E-state index in [-0.39, 0.29) is 0 Å². The molecule has 1 fully saturated rings. The van der Waals surface area contributed by atoms with Crippen LogP contribution in [-0.4, -0.2) is 38.1 Å². The van der Waals surface area contributed by atoms with Gasteiger partial charge in [0.2, 0.25) is 0 Å². The van der Waals surface area contributed by atoms with Crippen molar-refractivity contribution < 1.29 is 0 Å². The number of nitrogens with zero attached hydrogens (tertiary/aromatic N) is 2. The molecule has 0 amide bonds. The quantitative estimate of drug-likeness (QED) is 0.775. The number of hydrogen-bond donors (Lipinski definition) is 0. The molecule has 1 aromatic rings. The topological polar surface area (TPSA) is 6.48 Å². The van der Waals surface area contributed by atoms with Crippen LogP contribution < -0.4 is 4.90 Å². The molecule has 0 unspecified atom stereocenters. The first-order chi connectivity index (χ1) is 7.70. The van der Waals surface area contributed by atoms with E-state index in [0.29, 0.717) is 0 Å². The van der Waals surface area contributed by atoms with Crippen molar-refractivity contribution in [3.63, 3.8) is 0 Å². The lowest BCUT2D eigenvalue weighted by Crippen LogP contribution is -2.44. The maximum absolute atomic E-state index is 6.07. The summed E-state index contributed by atoms with van der Waals surface area (Å²) in [5, 5.41) is 1.70. The number of benzene rings is 1. The zero-order valence-electron chi connectivity index (χ0n) is 9.42. The second-order valence-electron chi connectivity index (χ2n) is 4.20. The highest BCUT2D eigenvalue weighted by atomic mass is 79.9. The first-order valence-electron chi connectivity index (χ1n) is 5.48. The number of alkyl halides is 1. The monoisotopic (exact) mass is 302 g/mol. The molecule has 2 nitrogen and oxygen atoms in total. The predicted octanol–water partition coefficient (Wildman–Crippen LogP) is 2.99. The molecule has 0 aromatic heterocycles. The zero-order chi connectivity index (χ0) is 11.5. The van der Waals surface area contributed by atoms with E-state index in [4.69, 9.17) is 11.6 Å². The predicted molar refractivity (Wildman–Crippen MR) is 73.8 cm³/mol. The molecule has 0 radical (unpaired) electrons. The van der Waals surface area contributed by atoms with Crippen LogP contribution in [0.4, 0.5) is 5.69 Å². The van der Waals surface area contributed by atoms with E-state index in [0.717, 1.165) is 36.5 Å². The third kappa shape index (κ3) is 2.70. The van der Waals surface area contributed by atoms with Gasteiger partial charge in [0, 0.05) is 42.2 Å². The van der Waals surface area contributed by atoms with Gasteiger partial charge < -0.3 is 9.80 Å². The van der Waals surface area contributed by atoms with E-state index < -0.39 is 0 Å². The largest absolute Gasteiger partial charge is 0.369 e. The fraction of sp³-hybridized carbons (Fsp3) is 0.500. The number of piperazine rings is 1. The molecule has 1 aliphatic rings. The Morgan fingerprint density at radius 3 is 2.56 bits per heavy atom. The Balaban J connectivity index is 2.21. The molecule has 1 aliphatic heterocycles. The van der Waals surface area contributed by atoms with Crippen LogP contribution in [0.15, 0.2) is 18.2 Å². The summed E-state index contributed by atoms with van der Waals surface area (Å²) < 4.78 is 0. The number of hydrogen-bond acceptors (Lipinski definition) is 2. The highest BCUT2D eigenvalue weighted by Gasteiger charge is 2.16. The molecule has 1 heterocycles. The lowest BCUT2D eigenvalue weighted by Gasteiger charge is -2.35. The molecule has 88 valence electrons. The smallest absolute Gasteiger partial charge is 0.0426 e. The maximum atomic E-state index is 6.07. The Labute approximate surface area is 110 Å². The summed E-state index contributed by atoms with van der Waals surface area (Å²) in [6.07, 6.45) is 0. The van der Waals surface area contributed by atoms with Crippen molar-refractivity contribution in [2.75, 3.05) is 38.1 Å². The van der Waals surface area contributed by atoms with Gasteiger partial charge in [-0.15, -0.1) is 0 Å². The average Bonchev–Trinajstić information content (AvgIpc) is 2.30. The van der Waals surface area contributed by atoms with Crippen LogP contribution in [0, 0.1) is 0 Å². The summed E-state index contributed by atoms with van der Waals surface area (Å²) in [6, 6.07) is 6.13. The van der Waals surface area contributed by atoms with Gasteiger partial charge in [-0.2, -0.15) is 0 Å². The Bertz CT molecular complexity index is 362. The first kappa shape index (κ1) is 12.2. The van der Waals surface area contributed by atoms with E-state index in [1.54, 1.807) is 0 Å². The van der Waals surface area contributed by atoms with Crippen molar-refractivity contribution in [1.82, 2.24) is 4.90 Å². The third-order valence-electron chi connectivity index (χ3n) is 3.04. The molecule has 4 heteroatoms. The second kappa shape index (κ2) is 5.39. The van der Waals surface area contributed by atoms with Crippen LogP contribution in [0.2, 0.25) is 5.02 Å². The van der Waals surface area contributed by atoms with Gasteiger partial charge in [0.15, 0.2) is 0 Å². The normalized spacial score (nSPS) is 17.8. The van der Waals surface area contributed by atoms with E-state index >= 15 is 0 Å². The van der Waals surface area contributed by atoms with Gasteiger partial charge in [0.05, 0.1) is 0 Å². The number of likely N-dealkylation sites (N-methyl/N-ethyl adjacent to an activating group) is 1. The molecular formula is C12H16BrClN2. The molecule has 0 aliphatic carbocycles. The molecule has 2 rings (SSSR count). The third-order valence-corrected chi connectivity index (χ3v) is 3.87. The Morgan fingerprint density at radius 2 is 1.94 bits per heavy atom. The molecule has 0 saturated carbocycles. The van der Waals surface area contributed by atoms with Crippen molar-refractivity contribution in [2.45, 2.75) is 5.33 Å². The first-order valence-corrected chi connectivity index (χ1v) is 6.98. The van der Waals surface area contributed by atoms with Crippen LogP contribution in [-0.2, 0) is 5.33 Å². The Morgan fingerprint density at radius 1 is 1.25 bits per heavy atom. The highest BCUT2D eigenvalue weighted by Crippen LogP contribution is 2.27. The lowest BCUT2D eigenvalue weighted by molar-refractivity contribution is 0.312. The van der Waals surface area contributed by atoms with Gasteiger partial charge >= 0.3 is 0 Å². The summed E-state index contributed by atoms with van der Waals surface area (Å²) in [7, 11) is 2.17. The minimum atomic E-state index is 0.818. The van der Waals surface area contributed by atoms with E-state index in [1.165, 1.54) is 11.3 Å². The summed E-state index contributed by atoms with van der Waals surface area (Å²) in [4.78, 5) is 4.78. The van der Waals surface area contributed by atoms with Gasteiger partial charge in [0.25, 0.3) is 0 Å².